The van der Waals surface area contributed by atoms with Crippen molar-refractivity contribution < 1.29 is 18.3 Å². The summed E-state index contributed by atoms with van der Waals surface area (Å²) in [5.74, 6) is -1.63. The molecule has 0 spiro atoms. The lowest BCUT2D eigenvalue weighted by molar-refractivity contribution is 0.0996. The Morgan fingerprint density at radius 1 is 1.12 bits per heavy atom. The van der Waals surface area contributed by atoms with Gasteiger partial charge in [-0.05, 0) is 42.5 Å². The number of nitrogens with two attached hydrogens (primary N) is 1. The van der Waals surface area contributed by atoms with Gasteiger partial charge in [0.05, 0.1) is 24.4 Å². The van der Waals surface area contributed by atoms with Crippen molar-refractivity contribution in [1.82, 2.24) is 9.88 Å². The standard InChI is InChI=1S/C25H23F2N5O2/c1-34-25-17(24(29)33)6-7-22(30-25)18-13-16(14-28)5-8-23(18)32-11-9-31(10-12-32)15-19-20(26)3-2-4-21(19)27/h2-8,13H,9-12,15H2,1H3,(H2,29,33). The molecule has 0 atom stereocenters. The van der Waals surface area contributed by atoms with Gasteiger partial charge in [0.25, 0.3) is 5.91 Å². The number of piperazine rings is 1. The van der Waals surface area contributed by atoms with Gasteiger partial charge >= 0.3 is 0 Å². The van der Waals surface area contributed by atoms with E-state index in [9.17, 15) is 18.8 Å². The van der Waals surface area contributed by atoms with Gasteiger partial charge in [-0.1, -0.05) is 6.07 Å². The van der Waals surface area contributed by atoms with E-state index in [1.54, 1.807) is 24.3 Å². The summed E-state index contributed by atoms with van der Waals surface area (Å²) in [6.07, 6.45) is 0. The molecule has 2 heterocycles. The van der Waals surface area contributed by atoms with Gasteiger partial charge < -0.3 is 15.4 Å². The largest absolute Gasteiger partial charge is 0.480 e. The minimum absolute atomic E-state index is 0.0702. The highest BCUT2D eigenvalue weighted by molar-refractivity contribution is 5.95. The molecule has 0 radical (unpaired) electrons. The smallest absolute Gasteiger partial charge is 0.254 e. The number of benzene rings is 2. The first-order chi connectivity index (χ1) is 16.4. The van der Waals surface area contributed by atoms with E-state index in [1.807, 2.05) is 11.0 Å². The van der Waals surface area contributed by atoms with Gasteiger partial charge in [-0.2, -0.15) is 5.26 Å². The van der Waals surface area contributed by atoms with Crippen molar-refractivity contribution in [3.8, 4) is 23.2 Å². The summed E-state index contributed by atoms with van der Waals surface area (Å²) >= 11 is 0. The number of amides is 1. The Morgan fingerprint density at radius 2 is 1.82 bits per heavy atom. The number of nitrogens with zero attached hydrogens (tertiary/aromatic N) is 4. The molecule has 7 nitrogen and oxygen atoms in total. The van der Waals surface area contributed by atoms with Crippen LogP contribution in [0.15, 0.2) is 48.5 Å². The average Bonchev–Trinajstić information content (AvgIpc) is 2.86. The summed E-state index contributed by atoms with van der Waals surface area (Å²) in [5, 5.41) is 9.41. The number of halogens is 2. The van der Waals surface area contributed by atoms with Crippen LogP contribution in [0.3, 0.4) is 0 Å². The first-order valence-corrected chi connectivity index (χ1v) is 10.7. The van der Waals surface area contributed by atoms with Crippen molar-refractivity contribution in [3.05, 3.63) is 76.9 Å². The number of ether oxygens (including phenoxy) is 1. The van der Waals surface area contributed by atoms with Gasteiger partial charge in [0, 0.05) is 49.5 Å². The Hall–Kier alpha value is -4.03. The number of hydrogen-bond acceptors (Lipinski definition) is 6. The molecular weight excluding hydrogens is 440 g/mol. The zero-order valence-electron chi connectivity index (χ0n) is 18.6. The number of carbonyl (C=O) groups excluding carboxylic acids is 1. The van der Waals surface area contributed by atoms with E-state index in [0.29, 0.717) is 43.0 Å². The van der Waals surface area contributed by atoms with Crippen molar-refractivity contribution in [2.24, 2.45) is 5.73 Å². The van der Waals surface area contributed by atoms with Crippen molar-refractivity contribution in [1.29, 1.82) is 5.26 Å². The number of anilines is 1. The van der Waals surface area contributed by atoms with E-state index in [1.165, 1.54) is 25.3 Å². The van der Waals surface area contributed by atoms with Gasteiger partial charge in [-0.25, -0.2) is 13.8 Å². The Balaban J connectivity index is 1.59. The maximum Gasteiger partial charge on any atom is 0.254 e. The molecule has 0 bridgehead atoms. The fourth-order valence-corrected chi connectivity index (χ4v) is 4.07. The molecule has 1 aliphatic heterocycles. The molecular formula is C25H23F2N5O2. The highest BCUT2D eigenvalue weighted by Gasteiger charge is 2.23. The molecule has 2 aromatic carbocycles. The van der Waals surface area contributed by atoms with E-state index in [2.05, 4.69) is 16.0 Å². The maximum absolute atomic E-state index is 14.0. The number of rotatable bonds is 6. The Morgan fingerprint density at radius 3 is 2.44 bits per heavy atom. The second kappa shape index (κ2) is 9.85. The minimum Gasteiger partial charge on any atom is -0.480 e. The zero-order valence-corrected chi connectivity index (χ0v) is 18.6. The lowest BCUT2D eigenvalue weighted by atomic mass is 10.0. The third-order valence-corrected chi connectivity index (χ3v) is 5.88. The fraction of sp³-hybridized carbons (Fsp3) is 0.240. The van der Waals surface area contributed by atoms with E-state index >= 15 is 0 Å². The van der Waals surface area contributed by atoms with Crippen LogP contribution in [-0.2, 0) is 6.54 Å². The highest BCUT2D eigenvalue weighted by Crippen LogP contribution is 2.33. The third-order valence-electron chi connectivity index (χ3n) is 5.88. The molecule has 0 unspecified atom stereocenters. The number of pyridine rings is 1. The van der Waals surface area contributed by atoms with Crippen LogP contribution in [0.1, 0.15) is 21.5 Å². The summed E-state index contributed by atoms with van der Waals surface area (Å²) in [7, 11) is 1.41. The van der Waals surface area contributed by atoms with Crippen molar-refractivity contribution >= 4 is 11.6 Å². The van der Waals surface area contributed by atoms with E-state index in [-0.39, 0.29) is 23.6 Å². The molecule has 1 amide bonds. The summed E-state index contributed by atoms with van der Waals surface area (Å²) in [4.78, 5) is 20.2. The SMILES string of the molecule is COc1nc(-c2cc(C#N)ccc2N2CCN(Cc3c(F)cccc3F)CC2)ccc1C(N)=O. The van der Waals surface area contributed by atoms with E-state index < -0.39 is 17.5 Å². The molecule has 3 aromatic rings. The van der Waals surface area contributed by atoms with Gasteiger partial charge in [-0.15, -0.1) is 0 Å². The van der Waals surface area contributed by atoms with E-state index in [4.69, 9.17) is 10.5 Å². The van der Waals surface area contributed by atoms with Gasteiger partial charge in [-0.3, -0.25) is 9.69 Å². The average molecular weight is 463 g/mol. The highest BCUT2D eigenvalue weighted by atomic mass is 19.1. The molecule has 9 heteroatoms. The molecule has 1 fully saturated rings. The molecule has 1 aromatic heterocycles. The number of hydrogen-bond donors (Lipinski definition) is 1. The van der Waals surface area contributed by atoms with Crippen molar-refractivity contribution in [3.63, 3.8) is 0 Å². The van der Waals surface area contributed by atoms with Crippen LogP contribution in [0.4, 0.5) is 14.5 Å². The lowest BCUT2D eigenvalue weighted by Gasteiger charge is -2.37. The Labute approximate surface area is 196 Å². The first kappa shape index (κ1) is 23.1. The lowest BCUT2D eigenvalue weighted by Crippen LogP contribution is -2.46. The van der Waals surface area contributed by atoms with Crippen LogP contribution in [0.2, 0.25) is 0 Å². The number of methoxy groups -OCH3 is 1. The molecule has 0 saturated carbocycles. The molecule has 1 aliphatic rings. The second-order valence-corrected chi connectivity index (χ2v) is 7.92. The quantitative estimate of drug-likeness (QED) is 0.603. The summed E-state index contributed by atoms with van der Waals surface area (Å²) < 4.78 is 33.3. The van der Waals surface area contributed by atoms with Crippen LogP contribution < -0.4 is 15.4 Å². The zero-order chi connectivity index (χ0) is 24.2. The van der Waals surface area contributed by atoms with Gasteiger partial charge in [0.15, 0.2) is 0 Å². The minimum atomic E-state index is -0.649. The Bertz CT molecular complexity index is 1250. The Kier molecular flexibility index (Phi) is 6.70. The molecule has 34 heavy (non-hydrogen) atoms. The predicted molar refractivity (Wildman–Crippen MR) is 123 cm³/mol. The monoisotopic (exact) mass is 463 g/mol. The molecule has 1 saturated heterocycles. The predicted octanol–water partition coefficient (Wildman–Crippen LogP) is 3.33. The summed E-state index contributed by atoms with van der Waals surface area (Å²) in [5.41, 5.74) is 8.20. The molecule has 4 rings (SSSR count). The van der Waals surface area contributed by atoms with Gasteiger partial charge in [0.1, 0.15) is 17.2 Å². The molecule has 2 N–H and O–H groups in total. The molecule has 0 aliphatic carbocycles. The molecule has 174 valence electrons. The van der Waals surface area contributed by atoms with Crippen molar-refractivity contribution in [2.45, 2.75) is 6.54 Å². The van der Waals surface area contributed by atoms with Crippen LogP contribution in [-0.4, -0.2) is 49.1 Å². The number of aromatic nitrogens is 1. The first-order valence-electron chi connectivity index (χ1n) is 10.7. The van der Waals surface area contributed by atoms with E-state index in [0.717, 1.165) is 5.69 Å². The topological polar surface area (TPSA) is 95.5 Å². The van der Waals surface area contributed by atoms with Crippen LogP contribution in [0.25, 0.3) is 11.3 Å². The summed E-state index contributed by atoms with van der Waals surface area (Å²) in [6.45, 7) is 2.63. The second-order valence-electron chi connectivity index (χ2n) is 7.92. The fourth-order valence-electron chi connectivity index (χ4n) is 4.07. The number of carbonyl (C=O) groups is 1. The van der Waals surface area contributed by atoms with Crippen LogP contribution in [0, 0.1) is 23.0 Å². The van der Waals surface area contributed by atoms with Crippen molar-refractivity contribution in [2.75, 3.05) is 38.2 Å². The summed E-state index contributed by atoms with van der Waals surface area (Å²) in [6, 6.07) is 14.6. The van der Waals surface area contributed by atoms with Gasteiger partial charge in [0.2, 0.25) is 5.88 Å². The maximum atomic E-state index is 14.0. The van der Waals surface area contributed by atoms with Crippen LogP contribution in [0.5, 0.6) is 5.88 Å². The normalized spacial score (nSPS) is 14.0. The number of nitriles is 1. The third kappa shape index (κ3) is 4.67. The van der Waals surface area contributed by atoms with Crippen LogP contribution >= 0.6 is 0 Å². The number of primary amides is 1.